The van der Waals surface area contributed by atoms with E-state index < -0.39 is 15.8 Å². The van der Waals surface area contributed by atoms with E-state index in [2.05, 4.69) is 0 Å². The SMILES string of the molecule is CSCCN(C)S(=O)(=O)c1cc(F)c(Cl)c(CCl)c1. The molecule has 3 nitrogen and oxygen atoms in total. The van der Waals surface area contributed by atoms with Crippen molar-refractivity contribution in [1.29, 1.82) is 0 Å². The number of hydrogen-bond acceptors (Lipinski definition) is 3. The monoisotopic (exact) mass is 345 g/mol. The predicted octanol–water partition coefficient (Wildman–Crippen LogP) is 3.20. The summed E-state index contributed by atoms with van der Waals surface area (Å²) in [6, 6.07) is 2.23. The number of alkyl halides is 1. The summed E-state index contributed by atoms with van der Waals surface area (Å²) in [4.78, 5) is -0.131. The highest BCUT2D eigenvalue weighted by Gasteiger charge is 2.23. The molecular formula is C11H14Cl2FNO2S2. The summed E-state index contributed by atoms with van der Waals surface area (Å²) >= 11 is 12.9. The van der Waals surface area contributed by atoms with Crippen LogP contribution in [0.25, 0.3) is 0 Å². The van der Waals surface area contributed by atoms with Gasteiger partial charge in [-0.15, -0.1) is 11.6 Å². The molecule has 0 saturated carbocycles. The molecule has 19 heavy (non-hydrogen) atoms. The van der Waals surface area contributed by atoms with E-state index >= 15 is 0 Å². The van der Waals surface area contributed by atoms with Gasteiger partial charge in [-0.2, -0.15) is 11.8 Å². The molecule has 8 heteroatoms. The fourth-order valence-corrected chi connectivity index (χ4v) is 3.65. The molecule has 0 aliphatic rings. The fourth-order valence-electron chi connectivity index (χ4n) is 1.38. The molecule has 0 spiro atoms. The Morgan fingerprint density at radius 1 is 1.42 bits per heavy atom. The summed E-state index contributed by atoms with van der Waals surface area (Å²) in [5.41, 5.74) is 0.264. The maximum atomic E-state index is 13.6. The van der Waals surface area contributed by atoms with Gasteiger partial charge < -0.3 is 0 Å². The highest BCUT2D eigenvalue weighted by atomic mass is 35.5. The van der Waals surface area contributed by atoms with Crippen molar-refractivity contribution in [3.8, 4) is 0 Å². The van der Waals surface area contributed by atoms with Gasteiger partial charge in [-0.3, -0.25) is 0 Å². The van der Waals surface area contributed by atoms with Crippen LogP contribution in [0, 0.1) is 5.82 Å². The summed E-state index contributed by atoms with van der Waals surface area (Å²) in [6.45, 7) is 0.351. The van der Waals surface area contributed by atoms with Gasteiger partial charge in [0.2, 0.25) is 10.0 Å². The first-order chi connectivity index (χ1) is 8.84. The fraction of sp³-hybridized carbons (Fsp3) is 0.455. The average molecular weight is 346 g/mol. The first-order valence-corrected chi connectivity index (χ1v) is 9.08. The Labute approximate surface area is 127 Å². The molecule has 0 bridgehead atoms. The van der Waals surface area contributed by atoms with Gasteiger partial charge in [0.1, 0.15) is 5.82 Å². The van der Waals surface area contributed by atoms with Gasteiger partial charge in [0.15, 0.2) is 0 Å². The average Bonchev–Trinajstić information content (AvgIpc) is 2.38. The predicted molar refractivity (Wildman–Crippen MR) is 79.2 cm³/mol. The van der Waals surface area contributed by atoms with Gasteiger partial charge in [-0.1, -0.05) is 11.6 Å². The van der Waals surface area contributed by atoms with Gasteiger partial charge in [0, 0.05) is 25.2 Å². The van der Waals surface area contributed by atoms with Crippen LogP contribution in [0.5, 0.6) is 0 Å². The van der Waals surface area contributed by atoms with Crippen molar-refractivity contribution >= 4 is 45.0 Å². The first-order valence-electron chi connectivity index (χ1n) is 5.33. The third kappa shape index (κ3) is 3.98. The number of thioether (sulfide) groups is 1. The van der Waals surface area contributed by atoms with E-state index in [0.717, 1.165) is 6.07 Å². The van der Waals surface area contributed by atoms with E-state index in [1.54, 1.807) is 0 Å². The van der Waals surface area contributed by atoms with Crippen molar-refractivity contribution in [3.05, 3.63) is 28.5 Å². The lowest BCUT2D eigenvalue weighted by molar-refractivity contribution is 0.487. The van der Waals surface area contributed by atoms with Gasteiger partial charge in [-0.25, -0.2) is 17.1 Å². The van der Waals surface area contributed by atoms with Gasteiger partial charge >= 0.3 is 0 Å². The zero-order valence-corrected chi connectivity index (χ0v) is 13.6. The molecule has 1 rings (SSSR count). The van der Waals surface area contributed by atoms with Crippen molar-refractivity contribution in [2.24, 2.45) is 0 Å². The molecule has 0 radical (unpaired) electrons. The minimum absolute atomic E-state index is 0.0480. The van der Waals surface area contributed by atoms with E-state index in [4.69, 9.17) is 23.2 Å². The number of nitrogens with zero attached hydrogens (tertiary/aromatic N) is 1. The molecule has 0 heterocycles. The van der Waals surface area contributed by atoms with Crippen LogP contribution in [-0.4, -0.2) is 38.3 Å². The van der Waals surface area contributed by atoms with Gasteiger partial charge in [0.05, 0.1) is 9.92 Å². The third-order valence-electron chi connectivity index (χ3n) is 2.54. The summed E-state index contributed by atoms with van der Waals surface area (Å²) in [7, 11) is -2.26. The second-order valence-corrected chi connectivity index (χ2v) is 7.51. The Bertz CT molecular complexity index is 552. The number of rotatable bonds is 6. The standard InChI is InChI=1S/C11H14Cl2FNO2S2/c1-15(3-4-18-2)19(16,17)9-5-8(7-12)11(13)10(14)6-9/h5-6H,3-4,7H2,1-2H3. The van der Waals surface area contributed by atoms with Crippen molar-refractivity contribution in [3.63, 3.8) is 0 Å². The van der Waals surface area contributed by atoms with Crippen LogP contribution in [0.2, 0.25) is 5.02 Å². The molecule has 0 aliphatic heterocycles. The largest absolute Gasteiger partial charge is 0.242 e. The first kappa shape index (κ1) is 17.0. The molecule has 1 aromatic rings. The smallest absolute Gasteiger partial charge is 0.207 e. The topological polar surface area (TPSA) is 37.4 Å². The van der Waals surface area contributed by atoms with Crippen LogP contribution in [0.3, 0.4) is 0 Å². The van der Waals surface area contributed by atoms with Crippen LogP contribution < -0.4 is 0 Å². The molecule has 1 aromatic carbocycles. The zero-order valence-electron chi connectivity index (χ0n) is 10.5. The molecule has 0 fully saturated rings. The normalized spacial score (nSPS) is 12.1. The summed E-state index contributed by atoms with van der Waals surface area (Å²) in [5.74, 6) is -0.168. The summed E-state index contributed by atoms with van der Waals surface area (Å²) < 4.78 is 39.2. The molecule has 108 valence electrons. The van der Waals surface area contributed by atoms with Crippen molar-refractivity contribution in [2.75, 3.05) is 25.6 Å². The Kier molecular flexibility index (Phi) is 6.39. The van der Waals surface area contributed by atoms with Crippen molar-refractivity contribution in [2.45, 2.75) is 10.8 Å². The van der Waals surface area contributed by atoms with E-state index in [9.17, 15) is 12.8 Å². The Morgan fingerprint density at radius 2 is 2.05 bits per heavy atom. The highest BCUT2D eigenvalue weighted by molar-refractivity contribution is 7.98. The highest BCUT2D eigenvalue weighted by Crippen LogP contribution is 2.27. The van der Waals surface area contributed by atoms with Crippen molar-refractivity contribution in [1.82, 2.24) is 4.31 Å². The zero-order chi connectivity index (χ0) is 14.6. The van der Waals surface area contributed by atoms with E-state index in [-0.39, 0.29) is 21.4 Å². The summed E-state index contributed by atoms with van der Waals surface area (Å²) in [6.07, 6.45) is 1.88. The maximum Gasteiger partial charge on any atom is 0.242 e. The maximum absolute atomic E-state index is 13.6. The minimum Gasteiger partial charge on any atom is -0.207 e. The lowest BCUT2D eigenvalue weighted by Crippen LogP contribution is -2.29. The van der Waals surface area contributed by atoms with E-state index in [1.807, 2.05) is 6.26 Å². The second-order valence-electron chi connectivity index (χ2n) is 3.83. The Morgan fingerprint density at radius 3 is 2.58 bits per heavy atom. The lowest BCUT2D eigenvalue weighted by atomic mass is 10.2. The molecule has 0 unspecified atom stereocenters. The quantitative estimate of drug-likeness (QED) is 0.743. The number of halogens is 3. The van der Waals surface area contributed by atoms with Crippen LogP contribution in [0.4, 0.5) is 4.39 Å². The van der Waals surface area contributed by atoms with Crippen LogP contribution >= 0.6 is 35.0 Å². The molecule has 0 N–H and O–H groups in total. The molecule has 0 aliphatic carbocycles. The van der Waals surface area contributed by atoms with E-state index in [1.165, 1.54) is 29.2 Å². The lowest BCUT2D eigenvalue weighted by Gasteiger charge is -2.17. The third-order valence-corrected chi connectivity index (χ3v) is 5.68. The number of sulfonamides is 1. The van der Waals surface area contributed by atoms with Crippen LogP contribution in [-0.2, 0) is 15.9 Å². The van der Waals surface area contributed by atoms with Gasteiger partial charge in [-0.05, 0) is 24.0 Å². The van der Waals surface area contributed by atoms with Gasteiger partial charge in [0.25, 0.3) is 0 Å². The Hall–Kier alpha value is -0.0100. The Balaban J connectivity index is 3.18. The van der Waals surface area contributed by atoms with E-state index in [0.29, 0.717) is 12.3 Å². The molecule has 0 saturated heterocycles. The van der Waals surface area contributed by atoms with Crippen LogP contribution in [0.15, 0.2) is 17.0 Å². The molecule has 0 amide bonds. The second kappa shape index (κ2) is 7.13. The summed E-state index contributed by atoms with van der Waals surface area (Å²) in [5, 5.41) is -0.138. The number of benzene rings is 1. The van der Waals surface area contributed by atoms with Crippen LogP contribution in [0.1, 0.15) is 5.56 Å². The molecule has 0 aromatic heterocycles. The van der Waals surface area contributed by atoms with Crippen molar-refractivity contribution < 1.29 is 12.8 Å². The number of hydrogen-bond donors (Lipinski definition) is 0. The molecule has 0 atom stereocenters. The molecular weight excluding hydrogens is 332 g/mol. The minimum atomic E-state index is -3.72.